The summed E-state index contributed by atoms with van der Waals surface area (Å²) in [5, 5.41) is 6.89. The van der Waals surface area contributed by atoms with Crippen molar-refractivity contribution in [3.63, 3.8) is 0 Å². The lowest BCUT2D eigenvalue weighted by Crippen LogP contribution is -1.96. The molecule has 0 aromatic heterocycles. The Hall–Kier alpha value is -1.31. The van der Waals surface area contributed by atoms with Gasteiger partial charge < -0.3 is 5.11 Å². The lowest BCUT2D eigenvalue weighted by Gasteiger charge is -2.10. The molecule has 0 aliphatic heterocycles. The molecule has 1 N–H and O–H groups in total. The van der Waals surface area contributed by atoms with E-state index in [9.17, 15) is 0 Å². The van der Waals surface area contributed by atoms with Crippen LogP contribution in [0, 0.1) is 0 Å². The fraction of sp³-hybridized carbons (Fsp3) is 0.462. The summed E-state index contributed by atoms with van der Waals surface area (Å²) in [7, 11) is 0. The first-order valence-corrected chi connectivity index (χ1v) is 5.42. The van der Waals surface area contributed by atoms with Gasteiger partial charge >= 0.3 is 0 Å². The fourth-order valence-corrected chi connectivity index (χ4v) is 1.80. The highest BCUT2D eigenvalue weighted by Gasteiger charge is 2.02. The molecule has 1 rings (SSSR count). The fourth-order valence-electron chi connectivity index (χ4n) is 1.80. The second-order valence-corrected chi connectivity index (χ2v) is 3.22. The number of hydrogen-bond donors (Lipinski definition) is 1. The smallest absolute Gasteiger partial charge is 0.290 e. The minimum atomic E-state index is -0.250. The average molecular weight is 208 g/mol. The normalized spacial score (nSPS) is 9.00. The Morgan fingerprint density at radius 2 is 1.47 bits per heavy atom. The predicted molar refractivity (Wildman–Crippen MR) is 63.3 cm³/mol. The molecule has 0 unspecified atom stereocenters. The number of carboxylic acid groups (broad SMARTS) is 1. The zero-order valence-corrected chi connectivity index (χ0v) is 9.79. The lowest BCUT2D eigenvalue weighted by molar-refractivity contribution is -0.122. The molecule has 0 atom stereocenters. The van der Waals surface area contributed by atoms with E-state index in [0.717, 1.165) is 12.8 Å². The summed E-state index contributed by atoms with van der Waals surface area (Å²) >= 11 is 0. The van der Waals surface area contributed by atoms with Crippen LogP contribution in [0.15, 0.2) is 18.2 Å². The van der Waals surface area contributed by atoms with Crippen LogP contribution in [0.5, 0.6) is 0 Å². The molecule has 0 aliphatic carbocycles. The Labute approximate surface area is 91.9 Å². The Balaban J connectivity index is 0.000000583. The van der Waals surface area contributed by atoms with Gasteiger partial charge in [0.2, 0.25) is 0 Å². The number of carbonyl (C=O) groups is 1. The third-order valence-corrected chi connectivity index (χ3v) is 2.49. The van der Waals surface area contributed by atoms with Crippen molar-refractivity contribution in [1.29, 1.82) is 0 Å². The second kappa shape index (κ2) is 8.04. The summed E-state index contributed by atoms with van der Waals surface area (Å²) in [5.74, 6) is 0. The standard InChI is InChI=1S/C12H18.CH2O2/c1-4-10-8-7-9-11(5-2)12(10)6-3;2-1-3/h7-9H,4-6H2,1-3H3;1H,(H,2,3). The predicted octanol–water partition coefficient (Wildman–Crippen LogP) is 3.07. The molecule has 1 aromatic carbocycles. The molecule has 15 heavy (non-hydrogen) atoms. The van der Waals surface area contributed by atoms with Gasteiger partial charge in [-0.2, -0.15) is 0 Å². The van der Waals surface area contributed by atoms with Crippen molar-refractivity contribution in [1.82, 2.24) is 0 Å². The Morgan fingerprint density at radius 3 is 1.73 bits per heavy atom. The van der Waals surface area contributed by atoms with Gasteiger partial charge in [0.25, 0.3) is 6.47 Å². The number of hydrogen-bond acceptors (Lipinski definition) is 1. The molecule has 0 spiro atoms. The molecule has 1 aromatic rings. The van der Waals surface area contributed by atoms with Crippen molar-refractivity contribution in [3.8, 4) is 0 Å². The molecular formula is C13H20O2. The molecule has 0 bridgehead atoms. The van der Waals surface area contributed by atoms with E-state index < -0.39 is 0 Å². The third-order valence-electron chi connectivity index (χ3n) is 2.49. The van der Waals surface area contributed by atoms with E-state index in [1.165, 1.54) is 17.5 Å². The maximum absolute atomic E-state index is 8.36. The van der Waals surface area contributed by atoms with Gasteiger partial charge in [-0.25, -0.2) is 0 Å². The number of rotatable bonds is 3. The third kappa shape index (κ3) is 4.15. The van der Waals surface area contributed by atoms with Crippen LogP contribution in [-0.4, -0.2) is 11.6 Å². The molecule has 0 saturated carbocycles. The van der Waals surface area contributed by atoms with Crippen LogP contribution in [0.4, 0.5) is 0 Å². The molecule has 0 radical (unpaired) electrons. The second-order valence-electron chi connectivity index (χ2n) is 3.22. The number of aryl methyl sites for hydroxylation is 2. The molecule has 2 nitrogen and oxygen atoms in total. The zero-order chi connectivity index (χ0) is 11.7. The highest BCUT2D eigenvalue weighted by molar-refractivity contribution is 5.35. The van der Waals surface area contributed by atoms with E-state index in [2.05, 4.69) is 39.0 Å². The molecule has 0 heterocycles. The number of benzene rings is 1. The largest absolute Gasteiger partial charge is 0.483 e. The van der Waals surface area contributed by atoms with E-state index >= 15 is 0 Å². The van der Waals surface area contributed by atoms with Crippen molar-refractivity contribution >= 4 is 6.47 Å². The average Bonchev–Trinajstić information content (AvgIpc) is 2.28. The van der Waals surface area contributed by atoms with Crippen LogP contribution >= 0.6 is 0 Å². The first-order chi connectivity index (χ1) is 7.24. The summed E-state index contributed by atoms with van der Waals surface area (Å²) in [6.45, 7) is 6.45. The molecule has 0 aliphatic rings. The topological polar surface area (TPSA) is 37.3 Å². The van der Waals surface area contributed by atoms with Gasteiger partial charge in [0.15, 0.2) is 0 Å². The summed E-state index contributed by atoms with van der Waals surface area (Å²) in [4.78, 5) is 8.36. The van der Waals surface area contributed by atoms with Crippen molar-refractivity contribution in [2.75, 3.05) is 0 Å². The van der Waals surface area contributed by atoms with Crippen LogP contribution in [0.2, 0.25) is 0 Å². The van der Waals surface area contributed by atoms with Gasteiger partial charge in [0.05, 0.1) is 0 Å². The molecule has 0 fully saturated rings. The zero-order valence-electron chi connectivity index (χ0n) is 9.79. The van der Waals surface area contributed by atoms with Crippen molar-refractivity contribution in [3.05, 3.63) is 34.9 Å². The van der Waals surface area contributed by atoms with Gasteiger partial charge in [-0.3, -0.25) is 4.79 Å². The van der Waals surface area contributed by atoms with Crippen LogP contribution in [0.25, 0.3) is 0 Å². The Kier molecular flexibility index (Phi) is 7.33. The monoisotopic (exact) mass is 208 g/mol. The van der Waals surface area contributed by atoms with Crippen LogP contribution in [-0.2, 0) is 24.1 Å². The maximum atomic E-state index is 8.36. The highest BCUT2D eigenvalue weighted by Crippen LogP contribution is 2.16. The highest BCUT2D eigenvalue weighted by atomic mass is 16.3. The van der Waals surface area contributed by atoms with E-state index in [-0.39, 0.29) is 6.47 Å². The molecular weight excluding hydrogens is 188 g/mol. The molecule has 84 valence electrons. The van der Waals surface area contributed by atoms with Gasteiger partial charge in [-0.05, 0) is 36.0 Å². The van der Waals surface area contributed by atoms with E-state index in [1.807, 2.05) is 0 Å². The van der Waals surface area contributed by atoms with Crippen molar-refractivity contribution in [2.45, 2.75) is 40.0 Å². The Morgan fingerprint density at radius 1 is 1.07 bits per heavy atom. The van der Waals surface area contributed by atoms with Crippen LogP contribution in [0.3, 0.4) is 0 Å². The summed E-state index contributed by atoms with van der Waals surface area (Å²) in [6, 6.07) is 6.67. The molecule has 0 saturated heterocycles. The van der Waals surface area contributed by atoms with E-state index in [1.54, 1.807) is 5.56 Å². The summed E-state index contributed by atoms with van der Waals surface area (Å²) in [6.07, 6.45) is 3.50. The van der Waals surface area contributed by atoms with Crippen molar-refractivity contribution < 1.29 is 9.90 Å². The van der Waals surface area contributed by atoms with Crippen LogP contribution in [0.1, 0.15) is 37.5 Å². The summed E-state index contributed by atoms with van der Waals surface area (Å²) < 4.78 is 0. The van der Waals surface area contributed by atoms with E-state index in [4.69, 9.17) is 9.90 Å². The van der Waals surface area contributed by atoms with Gasteiger partial charge in [-0.15, -0.1) is 0 Å². The minimum absolute atomic E-state index is 0.250. The minimum Gasteiger partial charge on any atom is -0.483 e. The summed E-state index contributed by atoms with van der Waals surface area (Å²) in [5.41, 5.74) is 4.62. The van der Waals surface area contributed by atoms with Gasteiger partial charge in [-0.1, -0.05) is 39.0 Å². The first kappa shape index (κ1) is 13.7. The maximum Gasteiger partial charge on any atom is 0.290 e. The van der Waals surface area contributed by atoms with Gasteiger partial charge in [0.1, 0.15) is 0 Å². The van der Waals surface area contributed by atoms with Crippen LogP contribution < -0.4 is 0 Å². The molecule has 0 amide bonds. The Bertz CT molecular complexity index is 270. The SMILES string of the molecule is CCc1cccc(CC)c1CC.O=CO. The quantitative estimate of drug-likeness (QED) is 0.775. The van der Waals surface area contributed by atoms with E-state index in [0.29, 0.717) is 0 Å². The molecule has 2 heteroatoms. The lowest BCUT2D eigenvalue weighted by atomic mass is 9.96. The first-order valence-electron chi connectivity index (χ1n) is 5.42. The van der Waals surface area contributed by atoms with Gasteiger partial charge in [0, 0.05) is 0 Å². The van der Waals surface area contributed by atoms with Crippen molar-refractivity contribution in [2.24, 2.45) is 0 Å².